The number of imidazole rings is 1. The molecule has 0 aliphatic carbocycles. The molecule has 8 heteroatoms. The molecule has 0 spiro atoms. The van der Waals surface area contributed by atoms with Crippen molar-refractivity contribution < 1.29 is 13.2 Å². The molecule has 0 bridgehead atoms. The molecule has 3 rings (SSSR count). The zero-order valence-corrected chi connectivity index (χ0v) is 16.5. The van der Waals surface area contributed by atoms with Gasteiger partial charge in [-0.1, -0.05) is 12.1 Å². The summed E-state index contributed by atoms with van der Waals surface area (Å²) < 4.78 is 25.3. The first-order chi connectivity index (χ1) is 12.1. The molecule has 1 aliphatic rings. The van der Waals surface area contributed by atoms with Crippen LogP contribution in [-0.2, 0) is 20.2 Å². The summed E-state index contributed by atoms with van der Waals surface area (Å²) in [6.45, 7) is 6.32. The first kappa shape index (κ1) is 18.8. The number of hydrogen-bond acceptors (Lipinski definition) is 5. The molecule has 1 atom stereocenters. The SMILES string of the molecule is CN(CC(=O)Nc1nc2ccccc2n1C(C)(C)C)[C@@H]1CCS(=O)(=O)C1. The number of nitrogens with zero attached hydrogens (tertiary/aromatic N) is 3. The van der Waals surface area contributed by atoms with Crippen LogP contribution in [0, 0.1) is 0 Å². The molecular weight excluding hydrogens is 352 g/mol. The molecule has 0 radical (unpaired) electrons. The number of benzene rings is 1. The number of rotatable bonds is 4. The van der Waals surface area contributed by atoms with Gasteiger partial charge in [0.1, 0.15) is 0 Å². The van der Waals surface area contributed by atoms with Crippen LogP contribution in [0.25, 0.3) is 11.0 Å². The normalized spacial score (nSPS) is 20.0. The second-order valence-corrected chi connectivity index (χ2v) is 10.2. The fraction of sp³-hybridized carbons (Fsp3) is 0.556. The predicted molar refractivity (Wildman–Crippen MR) is 103 cm³/mol. The van der Waals surface area contributed by atoms with Crippen LogP contribution in [0.2, 0.25) is 0 Å². The standard InChI is InChI=1S/C18H26N4O3S/c1-18(2,3)22-15-8-6-5-7-14(15)19-17(22)20-16(23)11-21(4)13-9-10-26(24,25)12-13/h5-8,13H,9-12H2,1-4H3,(H,19,20,23)/t13-/m1/s1. The lowest BCUT2D eigenvalue weighted by atomic mass is 10.1. The van der Waals surface area contributed by atoms with E-state index in [0.29, 0.717) is 12.4 Å². The van der Waals surface area contributed by atoms with Crippen LogP contribution in [-0.4, -0.2) is 59.9 Å². The van der Waals surface area contributed by atoms with Gasteiger partial charge in [-0.05, 0) is 46.4 Å². The van der Waals surface area contributed by atoms with Crippen LogP contribution in [0.5, 0.6) is 0 Å². The Morgan fingerprint density at radius 3 is 2.65 bits per heavy atom. The van der Waals surface area contributed by atoms with Crippen molar-refractivity contribution in [2.45, 2.75) is 38.8 Å². The van der Waals surface area contributed by atoms with Crippen molar-refractivity contribution >= 4 is 32.7 Å². The van der Waals surface area contributed by atoms with Crippen molar-refractivity contribution in [3.63, 3.8) is 0 Å². The van der Waals surface area contributed by atoms with E-state index in [0.717, 1.165) is 11.0 Å². The first-order valence-corrected chi connectivity index (χ1v) is 10.6. The average molecular weight is 378 g/mol. The summed E-state index contributed by atoms with van der Waals surface area (Å²) in [5.74, 6) is 0.634. The van der Waals surface area contributed by atoms with Crippen molar-refractivity contribution in [2.24, 2.45) is 0 Å². The van der Waals surface area contributed by atoms with Crippen molar-refractivity contribution in [2.75, 3.05) is 30.4 Å². The number of carbonyl (C=O) groups is 1. The number of anilines is 1. The van der Waals surface area contributed by atoms with Gasteiger partial charge in [-0.15, -0.1) is 0 Å². The summed E-state index contributed by atoms with van der Waals surface area (Å²) in [7, 11) is -1.18. The molecule has 1 N–H and O–H groups in total. The summed E-state index contributed by atoms with van der Waals surface area (Å²) in [5.41, 5.74) is 1.54. The zero-order valence-electron chi connectivity index (χ0n) is 15.7. The maximum absolute atomic E-state index is 12.5. The minimum Gasteiger partial charge on any atom is -0.305 e. The number of fused-ring (bicyclic) bond motifs is 1. The molecule has 2 heterocycles. The van der Waals surface area contributed by atoms with E-state index in [-0.39, 0.29) is 35.5 Å². The summed E-state index contributed by atoms with van der Waals surface area (Å²) in [6.07, 6.45) is 0.576. The first-order valence-electron chi connectivity index (χ1n) is 8.75. The molecule has 1 amide bonds. The largest absolute Gasteiger partial charge is 0.305 e. The monoisotopic (exact) mass is 378 g/mol. The van der Waals surface area contributed by atoms with E-state index >= 15 is 0 Å². The fourth-order valence-corrected chi connectivity index (χ4v) is 5.24. The third-order valence-electron chi connectivity index (χ3n) is 4.71. The molecular formula is C18H26N4O3S. The number of para-hydroxylation sites is 2. The number of sulfone groups is 1. The van der Waals surface area contributed by atoms with Crippen LogP contribution in [0.1, 0.15) is 27.2 Å². The van der Waals surface area contributed by atoms with Crippen molar-refractivity contribution in [3.05, 3.63) is 24.3 Å². The highest BCUT2D eigenvalue weighted by atomic mass is 32.2. The lowest BCUT2D eigenvalue weighted by Gasteiger charge is -2.25. The molecule has 1 aromatic carbocycles. The Bertz CT molecular complexity index is 928. The molecule has 2 aromatic rings. The third-order valence-corrected chi connectivity index (χ3v) is 6.46. The highest BCUT2D eigenvalue weighted by Gasteiger charge is 2.31. The second-order valence-electron chi connectivity index (χ2n) is 7.95. The highest BCUT2D eigenvalue weighted by molar-refractivity contribution is 7.91. The van der Waals surface area contributed by atoms with Gasteiger partial charge in [0, 0.05) is 11.6 Å². The second kappa shape index (κ2) is 6.66. The van der Waals surface area contributed by atoms with Gasteiger partial charge < -0.3 is 4.57 Å². The van der Waals surface area contributed by atoms with Crippen LogP contribution in [0.4, 0.5) is 5.95 Å². The third kappa shape index (κ3) is 3.91. The Kier molecular flexibility index (Phi) is 4.83. The summed E-state index contributed by atoms with van der Waals surface area (Å²) in [5, 5.41) is 2.90. The Morgan fingerprint density at radius 1 is 1.35 bits per heavy atom. The topological polar surface area (TPSA) is 84.3 Å². The Morgan fingerprint density at radius 2 is 2.04 bits per heavy atom. The van der Waals surface area contributed by atoms with Crippen LogP contribution < -0.4 is 5.32 Å². The van der Waals surface area contributed by atoms with Gasteiger partial charge in [0.25, 0.3) is 0 Å². The number of likely N-dealkylation sites (N-methyl/N-ethyl adjacent to an activating group) is 1. The molecule has 1 fully saturated rings. The Labute approximate surface area is 154 Å². The molecule has 26 heavy (non-hydrogen) atoms. The van der Waals surface area contributed by atoms with Gasteiger partial charge in [-0.2, -0.15) is 0 Å². The van der Waals surface area contributed by atoms with Crippen molar-refractivity contribution in [1.29, 1.82) is 0 Å². The minimum absolute atomic E-state index is 0.104. The Hall–Kier alpha value is -1.93. The van der Waals surface area contributed by atoms with E-state index in [9.17, 15) is 13.2 Å². The number of amides is 1. The highest BCUT2D eigenvalue weighted by Crippen LogP contribution is 2.28. The molecule has 7 nitrogen and oxygen atoms in total. The van der Waals surface area contributed by atoms with E-state index in [1.807, 2.05) is 33.7 Å². The maximum atomic E-state index is 12.5. The predicted octanol–water partition coefficient (Wildman–Crippen LogP) is 1.85. The van der Waals surface area contributed by atoms with E-state index in [4.69, 9.17) is 0 Å². The van der Waals surface area contributed by atoms with Gasteiger partial charge in [-0.25, -0.2) is 13.4 Å². The molecule has 1 aliphatic heterocycles. The molecule has 1 saturated heterocycles. The average Bonchev–Trinajstić information content (AvgIpc) is 3.05. The zero-order chi connectivity index (χ0) is 19.1. The molecule has 0 saturated carbocycles. The fourth-order valence-electron chi connectivity index (χ4n) is 3.43. The molecule has 1 aromatic heterocycles. The van der Waals surface area contributed by atoms with Gasteiger partial charge in [0.15, 0.2) is 9.84 Å². The summed E-state index contributed by atoms with van der Waals surface area (Å²) in [6, 6.07) is 7.67. The number of hydrogen-bond donors (Lipinski definition) is 1. The van der Waals surface area contributed by atoms with E-state index in [1.54, 1.807) is 7.05 Å². The van der Waals surface area contributed by atoms with Crippen molar-refractivity contribution in [1.82, 2.24) is 14.5 Å². The Balaban J connectivity index is 1.77. The van der Waals surface area contributed by atoms with E-state index in [2.05, 4.69) is 31.1 Å². The summed E-state index contributed by atoms with van der Waals surface area (Å²) in [4.78, 5) is 18.9. The van der Waals surface area contributed by atoms with Crippen LogP contribution in [0.15, 0.2) is 24.3 Å². The summed E-state index contributed by atoms with van der Waals surface area (Å²) >= 11 is 0. The van der Waals surface area contributed by atoms with Gasteiger partial charge in [0.2, 0.25) is 11.9 Å². The minimum atomic E-state index is -2.97. The van der Waals surface area contributed by atoms with Crippen LogP contribution in [0.3, 0.4) is 0 Å². The number of carbonyl (C=O) groups excluding carboxylic acids is 1. The quantitative estimate of drug-likeness (QED) is 0.878. The maximum Gasteiger partial charge on any atom is 0.240 e. The van der Waals surface area contributed by atoms with Gasteiger partial charge >= 0.3 is 0 Å². The lowest BCUT2D eigenvalue weighted by molar-refractivity contribution is -0.117. The lowest BCUT2D eigenvalue weighted by Crippen LogP contribution is -2.39. The van der Waals surface area contributed by atoms with Crippen LogP contribution >= 0.6 is 0 Å². The number of aromatic nitrogens is 2. The van der Waals surface area contributed by atoms with Gasteiger partial charge in [0.05, 0.1) is 29.1 Å². The molecule has 0 unspecified atom stereocenters. The number of nitrogens with one attached hydrogen (secondary N) is 1. The van der Waals surface area contributed by atoms with Gasteiger partial charge in [-0.3, -0.25) is 15.0 Å². The van der Waals surface area contributed by atoms with Crippen molar-refractivity contribution in [3.8, 4) is 0 Å². The molecule has 142 valence electrons. The smallest absolute Gasteiger partial charge is 0.240 e. The van der Waals surface area contributed by atoms with E-state index < -0.39 is 9.84 Å². The van der Waals surface area contributed by atoms with E-state index in [1.165, 1.54) is 0 Å².